The van der Waals surface area contributed by atoms with Crippen LogP contribution in [-0.4, -0.2) is 33.0 Å². The van der Waals surface area contributed by atoms with Gasteiger partial charge >= 0.3 is 5.97 Å². The lowest BCUT2D eigenvalue weighted by molar-refractivity contribution is -0.139. The molecule has 25 heavy (non-hydrogen) atoms. The van der Waals surface area contributed by atoms with Gasteiger partial charge < -0.3 is 14.0 Å². The molecule has 0 saturated carbocycles. The van der Waals surface area contributed by atoms with Crippen molar-refractivity contribution in [1.82, 2.24) is 19.9 Å². The van der Waals surface area contributed by atoms with Gasteiger partial charge in [0, 0.05) is 30.4 Å². The summed E-state index contributed by atoms with van der Waals surface area (Å²) in [7, 11) is 3.39. The van der Waals surface area contributed by atoms with E-state index in [1.54, 1.807) is 61.6 Å². The number of methoxy groups -OCH3 is 1. The number of aryl methyl sites for hydroxylation is 1. The van der Waals surface area contributed by atoms with Gasteiger partial charge in [-0.3, -0.25) is 4.68 Å². The molecule has 0 aliphatic carbocycles. The third-order valence-corrected chi connectivity index (χ3v) is 3.29. The monoisotopic (exact) mass is 340 g/mol. The third-order valence-electron chi connectivity index (χ3n) is 3.29. The quantitative estimate of drug-likeness (QED) is 0.502. The standard InChI is InChI=1S/C17H16N4O4/c1-21-10-12(9-18-21)3-8-16(22)24-11-15-19-17(25-20-15)13-4-6-14(23-2)7-5-13/h3-10H,11H2,1-2H3/b8-3+. The summed E-state index contributed by atoms with van der Waals surface area (Å²) in [5, 5.41) is 7.80. The lowest BCUT2D eigenvalue weighted by atomic mass is 10.2. The van der Waals surface area contributed by atoms with Gasteiger partial charge in [0.2, 0.25) is 5.82 Å². The largest absolute Gasteiger partial charge is 0.497 e. The fourth-order valence-electron chi connectivity index (χ4n) is 2.04. The summed E-state index contributed by atoms with van der Waals surface area (Å²) in [4.78, 5) is 15.9. The molecule has 0 fully saturated rings. The van der Waals surface area contributed by atoms with E-state index in [0.717, 1.165) is 16.9 Å². The number of carbonyl (C=O) groups excluding carboxylic acids is 1. The zero-order valence-electron chi connectivity index (χ0n) is 13.7. The minimum Gasteiger partial charge on any atom is -0.497 e. The van der Waals surface area contributed by atoms with Gasteiger partial charge in [0.1, 0.15) is 5.75 Å². The molecule has 0 aliphatic rings. The molecule has 2 aromatic heterocycles. The van der Waals surface area contributed by atoms with Gasteiger partial charge in [0.05, 0.1) is 13.3 Å². The molecule has 0 spiro atoms. The van der Waals surface area contributed by atoms with Crippen LogP contribution in [0.5, 0.6) is 5.75 Å². The normalized spacial score (nSPS) is 11.0. The lowest BCUT2D eigenvalue weighted by Gasteiger charge is -1.99. The molecule has 8 nitrogen and oxygen atoms in total. The highest BCUT2D eigenvalue weighted by Gasteiger charge is 2.10. The number of aromatic nitrogens is 4. The van der Waals surface area contributed by atoms with E-state index in [1.807, 2.05) is 0 Å². The molecule has 0 saturated heterocycles. The van der Waals surface area contributed by atoms with Crippen molar-refractivity contribution in [3.8, 4) is 17.2 Å². The van der Waals surface area contributed by atoms with Gasteiger partial charge in [0.15, 0.2) is 6.61 Å². The van der Waals surface area contributed by atoms with Crippen molar-refractivity contribution in [1.29, 1.82) is 0 Å². The number of hydrogen-bond donors (Lipinski definition) is 0. The van der Waals surface area contributed by atoms with Crippen LogP contribution in [0.4, 0.5) is 0 Å². The van der Waals surface area contributed by atoms with Crippen LogP contribution < -0.4 is 4.74 Å². The molecule has 8 heteroatoms. The van der Waals surface area contributed by atoms with Gasteiger partial charge in [-0.15, -0.1) is 0 Å². The van der Waals surface area contributed by atoms with Crippen LogP contribution >= 0.6 is 0 Å². The van der Waals surface area contributed by atoms with Gasteiger partial charge in [0.25, 0.3) is 5.89 Å². The molecular formula is C17H16N4O4. The molecule has 0 radical (unpaired) electrons. The Morgan fingerprint density at radius 3 is 2.80 bits per heavy atom. The van der Waals surface area contributed by atoms with Crippen molar-refractivity contribution in [2.24, 2.45) is 7.05 Å². The molecule has 0 atom stereocenters. The molecular weight excluding hydrogens is 324 g/mol. The molecule has 2 heterocycles. The highest BCUT2D eigenvalue weighted by molar-refractivity contribution is 5.86. The van der Waals surface area contributed by atoms with Crippen molar-refractivity contribution >= 4 is 12.0 Å². The maximum atomic E-state index is 11.7. The number of esters is 1. The van der Waals surface area contributed by atoms with Crippen molar-refractivity contribution in [3.63, 3.8) is 0 Å². The first-order valence-electron chi connectivity index (χ1n) is 7.44. The van der Waals surface area contributed by atoms with Crippen molar-refractivity contribution in [2.75, 3.05) is 7.11 Å². The average Bonchev–Trinajstić information content (AvgIpc) is 3.27. The zero-order chi connectivity index (χ0) is 17.6. The average molecular weight is 340 g/mol. The fourth-order valence-corrected chi connectivity index (χ4v) is 2.04. The lowest BCUT2D eigenvalue weighted by Crippen LogP contribution is -2.01. The fraction of sp³-hybridized carbons (Fsp3) is 0.176. The second-order valence-electron chi connectivity index (χ2n) is 5.13. The Labute approximate surface area is 143 Å². The second-order valence-corrected chi connectivity index (χ2v) is 5.13. The summed E-state index contributed by atoms with van der Waals surface area (Å²) >= 11 is 0. The highest BCUT2D eigenvalue weighted by atomic mass is 16.5. The molecule has 128 valence electrons. The highest BCUT2D eigenvalue weighted by Crippen LogP contribution is 2.20. The van der Waals surface area contributed by atoms with Crippen LogP contribution in [0.15, 0.2) is 47.3 Å². The first kappa shape index (κ1) is 16.4. The van der Waals surface area contributed by atoms with Gasteiger partial charge in [-0.05, 0) is 30.3 Å². The van der Waals surface area contributed by atoms with Crippen LogP contribution in [0.2, 0.25) is 0 Å². The van der Waals surface area contributed by atoms with Crippen molar-refractivity contribution in [3.05, 3.63) is 54.1 Å². The van der Waals surface area contributed by atoms with E-state index in [4.69, 9.17) is 14.0 Å². The van der Waals surface area contributed by atoms with Crippen molar-refractivity contribution in [2.45, 2.75) is 6.61 Å². The van der Waals surface area contributed by atoms with Gasteiger partial charge in [-0.2, -0.15) is 10.1 Å². The van der Waals surface area contributed by atoms with Crippen molar-refractivity contribution < 1.29 is 18.8 Å². The summed E-state index contributed by atoms with van der Waals surface area (Å²) < 4.78 is 17.0. The molecule has 3 rings (SSSR count). The number of ether oxygens (including phenoxy) is 2. The SMILES string of the molecule is COc1ccc(-c2nc(COC(=O)/C=C/c3cnn(C)c3)no2)cc1. The summed E-state index contributed by atoms with van der Waals surface area (Å²) in [6.07, 6.45) is 6.37. The maximum Gasteiger partial charge on any atom is 0.331 e. The first-order valence-corrected chi connectivity index (χ1v) is 7.44. The van der Waals surface area contributed by atoms with E-state index in [0.29, 0.717) is 5.89 Å². The van der Waals surface area contributed by atoms with E-state index in [9.17, 15) is 4.79 Å². The maximum absolute atomic E-state index is 11.7. The number of rotatable bonds is 6. The molecule has 0 aliphatic heterocycles. The topological polar surface area (TPSA) is 92.3 Å². The van der Waals surface area contributed by atoms with E-state index < -0.39 is 5.97 Å². The number of benzene rings is 1. The van der Waals surface area contributed by atoms with Gasteiger partial charge in [-0.25, -0.2) is 4.79 Å². The second kappa shape index (κ2) is 7.43. The first-order chi connectivity index (χ1) is 12.1. The van der Waals surface area contributed by atoms with E-state index in [1.165, 1.54) is 6.08 Å². The Balaban J connectivity index is 1.55. The molecule has 0 unspecified atom stereocenters. The Hall–Kier alpha value is -3.42. The molecule has 0 amide bonds. The summed E-state index contributed by atoms with van der Waals surface area (Å²) in [6, 6.07) is 7.20. The minimum atomic E-state index is -0.500. The predicted octanol–water partition coefficient (Wildman–Crippen LogP) is 2.24. The van der Waals surface area contributed by atoms with E-state index in [2.05, 4.69) is 15.2 Å². The summed E-state index contributed by atoms with van der Waals surface area (Å²) in [6.45, 7) is -0.0735. The van der Waals surface area contributed by atoms with E-state index >= 15 is 0 Å². The number of nitrogens with zero attached hydrogens (tertiary/aromatic N) is 4. The van der Waals surface area contributed by atoms with Crippen LogP contribution in [0.25, 0.3) is 17.5 Å². The van der Waals surface area contributed by atoms with Crippen LogP contribution in [0.1, 0.15) is 11.4 Å². The minimum absolute atomic E-state index is 0.0735. The predicted molar refractivity (Wildman–Crippen MR) is 88.3 cm³/mol. The Kier molecular flexibility index (Phi) is 4.89. The summed E-state index contributed by atoms with van der Waals surface area (Å²) in [5.41, 5.74) is 1.56. The number of hydrogen-bond acceptors (Lipinski definition) is 7. The molecule has 0 N–H and O–H groups in total. The molecule has 3 aromatic rings. The summed E-state index contributed by atoms with van der Waals surface area (Å²) in [5.74, 6) is 0.867. The Morgan fingerprint density at radius 1 is 1.32 bits per heavy atom. The zero-order valence-corrected chi connectivity index (χ0v) is 13.7. The van der Waals surface area contributed by atoms with Crippen LogP contribution in [0.3, 0.4) is 0 Å². The molecule has 0 bridgehead atoms. The molecule has 1 aromatic carbocycles. The Bertz CT molecular complexity index is 880. The van der Waals surface area contributed by atoms with Crippen LogP contribution in [0, 0.1) is 0 Å². The van der Waals surface area contributed by atoms with Gasteiger partial charge in [-0.1, -0.05) is 5.16 Å². The number of carbonyl (C=O) groups is 1. The van der Waals surface area contributed by atoms with E-state index in [-0.39, 0.29) is 12.4 Å². The third kappa shape index (κ3) is 4.31. The van der Waals surface area contributed by atoms with Crippen LogP contribution in [-0.2, 0) is 23.2 Å². The smallest absolute Gasteiger partial charge is 0.331 e. The Morgan fingerprint density at radius 2 is 2.12 bits per heavy atom.